The molecule has 4 nitrogen and oxygen atoms in total. The summed E-state index contributed by atoms with van der Waals surface area (Å²) in [6.45, 7) is 0. The highest BCUT2D eigenvalue weighted by Gasteiger charge is 2.30. The predicted octanol–water partition coefficient (Wildman–Crippen LogP) is 3.21. The maximum absolute atomic E-state index is 12.7. The number of nitrogens with zero attached hydrogens (tertiary/aromatic N) is 2. The molecule has 0 unspecified atom stereocenters. The number of methoxy groups -OCH3 is 1. The van der Waals surface area contributed by atoms with Crippen LogP contribution >= 0.6 is 0 Å². The van der Waals surface area contributed by atoms with Crippen LogP contribution in [0.1, 0.15) is 5.56 Å². The Balaban J connectivity index is 2.57. The van der Waals surface area contributed by atoms with Gasteiger partial charge in [0, 0.05) is 12.6 Å². The van der Waals surface area contributed by atoms with Gasteiger partial charge in [0.2, 0.25) is 0 Å². The summed E-state index contributed by atoms with van der Waals surface area (Å²) in [5.74, 6) is 0.712. The number of hydrogen-bond donors (Lipinski definition) is 1. The second-order valence-corrected chi connectivity index (χ2v) is 3.93. The first-order valence-electron chi connectivity index (χ1n) is 5.71. The average molecular weight is 283 g/mol. The summed E-state index contributed by atoms with van der Waals surface area (Å²) in [4.78, 5) is 7.96. The molecule has 2 aromatic rings. The van der Waals surface area contributed by atoms with Crippen molar-refractivity contribution < 1.29 is 17.9 Å². The summed E-state index contributed by atoms with van der Waals surface area (Å²) < 4.78 is 43.4. The lowest BCUT2D eigenvalue weighted by molar-refractivity contribution is -0.137. The van der Waals surface area contributed by atoms with Crippen molar-refractivity contribution in [2.75, 3.05) is 19.5 Å². The lowest BCUT2D eigenvalue weighted by Gasteiger charge is -2.12. The molecule has 1 aromatic carbocycles. The van der Waals surface area contributed by atoms with Crippen LogP contribution in [0.25, 0.3) is 11.3 Å². The van der Waals surface area contributed by atoms with Crippen molar-refractivity contribution in [3.05, 3.63) is 36.2 Å². The van der Waals surface area contributed by atoms with Gasteiger partial charge in [-0.3, -0.25) is 0 Å². The highest BCUT2D eigenvalue weighted by molar-refractivity contribution is 5.72. The Kier molecular flexibility index (Phi) is 3.78. The summed E-state index contributed by atoms with van der Waals surface area (Å²) in [7, 11) is 3.05. The minimum Gasteiger partial charge on any atom is -0.491 e. The zero-order valence-corrected chi connectivity index (χ0v) is 10.8. The van der Waals surface area contributed by atoms with Crippen molar-refractivity contribution in [2.24, 2.45) is 0 Å². The second kappa shape index (κ2) is 5.36. The van der Waals surface area contributed by atoms with E-state index < -0.39 is 11.7 Å². The van der Waals surface area contributed by atoms with Crippen LogP contribution in [0.15, 0.2) is 30.6 Å². The lowest BCUT2D eigenvalue weighted by Crippen LogP contribution is -2.05. The number of halogens is 3. The molecule has 0 amide bonds. The van der Waals surface area contributed by atoms with Crippen LogP contribution in [-0.4, -0.2) is 24.1 Å². The molecular formula is C13H12F3N3O. The molecule has 0 saturated carbocycles. The zero-order chi connectivity index (χ0) is 14.8. The largest absolute Gasteiger partial charge is 0.491 e. The Bertz CT molecular complexity index is 614. The van der Waals surface area contributed by atoms with Gasteiger partial charge in [-0.25, -0.2) is 9.97 Å². The predicted molar refractivity (Wildman–Crippen MR) is 68.6 cm³/mol. The molecule has 0 radical (unpaired) electrons. The topological polar surface area (TPSA) is 47.0 Å². The van der Waals surface area contributed by atoms with Gasteiger partial charge in [0.05, 0.1) is 12.7 Å². The third kappa shape index (κ3) is 2.66. The van der Waals surface area contributed by atoms with Gasteiger partial charge in [0.15, 0.2) is 11.6 Å². The molecule has 0 aliphatic heterocycles. The summed E-state index contributed by atoms with van der Waals surface area (Å²) in [6.07, 6.45) is -3.13. The normalized spacial score (nSPS) is 11.2. The molecule has 1 N–H and O–H groups in total. The number of alkyl halides is 3. The van der Waals surface area contributed by atoms with E-state index in [2.05, 4.69) is 15.3 Å². The van der Waals surface area contributed by atoms with Gasteiger partial charge in [0.25, 0.3) is 0 Å². The molecule has 0 fully saturated rings. The zero-order valence-electron chi connectivity index (χ0n) is 10.8. The number of benzene rings is 1. The van der Waals surface area contributed by atoms with Crippen LogP contribution in [0.2, 0.25) is 0 Å². The molecule has 106 valence electrons. The SMILES string of the molecule is CNc1ncnc(-c2cccc(C(F)(F)F)c2)c1OC. The maximum atomic E-state index is 12.7. The Morgan fingerprint density at radius 3 is 2.55 bits per heavy atom. The van der Waals surface area contributed by atoms with Gasteiger partial charge in [-0.15, -0.1) is 0 Å². The van der Waals surface area contributed by atoms with Gasteiger partial charge >= 0.3 is 6.18 Å². The molecule has 1 aromatic heterocycles. The van der Waals surface area contributed by atoms with Crippen LogP contribution in [0.5, 0.6) is 5.75 Å². The molecule has 0 aliphatic rings. The monoisotopic (exact) mass is 283 g/mol. The van der Waals surface area contributed by atoms with Gasteiger partial charge in [-0.2, -0.15) is 13.2 Å². The number of hydrogen-bond acceptors (Lipinski definition) is 4. The summed E-state index contributed by atoms with van der Waals surface area (Å²) in [6, 6.07) is 4.92. The quantitative estimate of drug-likeness (QED) is 0.939. The van der Waals surface area contributed by atoms with Crippen LogP contribution < -0.4 is 10.1 Å². The minimum absolute atomic E-state index is 0.300. The fraction of sp³-hybridized carbons (Fsp3) is 0.231. The van der Waals surface area contributed by atoms with E-state index in [0.29, 0.717) is 22.8 Å². The second-order valence-electron chi connectivity index (χ2n) is 3.93. The molecule has 2 rings (SSSR count). The molecule has 1 heterocycles. The first-order chi connectivity index (χ1) is 9.47. The van der Waals surface area contributed by atoms with Gasteiger partial charge < -0.3 is 10.1 Å². The molecule has 0 spiro atoms. The van der Waals surface area contributed by atoms with Crippen molar-refractivity contribution in [2.45, 2.75) is 6.18 Å². The van der Waals surface area contributed by atoms with Crippen molar-refractivity contribution in [3.8, 4) is 17.0 Å². The fourth-order valence-corrected chi connectivity index (χ4v) is 1.79. The van der Waals surface area contributed by atoms with Crippen molar-refractivity contribution in [1.82, 2.24) is 9.97 Å². The van der Waals surface area contributed by atoms with Crippen LogP contribution in [0, 0.1) is 0 Å². The van der Waals surface area contributed by atoms with E-state index in [1.807, 2.05) is 0 Å². The summed E-state index contributed by atoms with van der Waals surface area (Å²) in [5, 5.41) is 2.80. The molecule has 0 atom stereocenters. The van der Waals surface area contributed by atoms with Gasteiger partial charge in [-0.1, -0.05) is 12.1 Å². The molecule has 0 bridgehead atoms. The van der Waals surface area contributed by atoms with Crippen LogP contribution in [-0.2, 0) is 6.18 Å². The Morgan fingerprint density at radius 1 is 1.20 bits per heavy atom. The Morgan fingerprint density at radius 2 is 1.95 bits per heavy atom. The molecule has 0 saturated heterocycles. The first kappa shape index (κ1) is 14.1. The number of nitrogens with one attached hydrogen (secondary N) is 1. The third-order valence-electron chi connectivity index (χ3n) is 2.71. The minimum atomic E-state index is -4.40. The fourth-order valence-electron chi connectivity index (χ4n) is 1.79. The average Bonchev–Trinajstić information content (AvgIpc) is 2.45. The van der Waals surface area contributed by atoms with E-state index >= 15 is 0 Å². The molecule has 7 heteroatoms. The third-order valence-corrected chi connectivity index (χ3v) is 2.71. The number of anilines is 1. The number of ether oxygens (including phenoxy) is 1. The van der Waals surface area contributed by atoms with E-state index in [0.717, 1.165) is 12.1 Å². The summed E-state index contributed by atoms with van der Waals surface area (Å²) in [5.41, 5.74) is -0.116. The number of aromatic nitrogens is 2. The maximum Gasteiger partial charge on any atom is 0.416 e. The van der Waals surface area contributed by atoms with Crippen molar-refractivity contribution in [3.63, 3.8) is 0 Å². The first-order valence-corrected chi connectivity index (χ1v) is 5.71. The number of rotatable bonds is 3. The Labute approximate surface area is 113 Å². The van der Waals surface area contributed by atoms with E-state index in [1.165, 1.54) is 19.5 Å². The van der Waals surface area contributed by atoms with Crippen molar-refractivity contribution >= 4 is 5.82 Å². The van der Waals surface area contributed by atoms with E-state index in [-0.39, 0.29) is 0 Å². The Hall–Kier alpha value is -2.31. The van der Waals surface area contributed by atoms with E-state index in [4.69, 9.17) is 4.74 Å². The highest BCUT2D eigenvalue weighted by Crippen LogP contribution is 2.36. The molecule has 0 aliphatic carbocycles. The highest BCUT2D eigenvalue weighted by atomic mass is 19.4. The van der Waals surface area contributed by atoms with E-state index in [9.17, 15) is 13.2 Å². The smallest absolute Gasteiger partial charge is 0.416 e. The standard InChI is InChI=1S/C13H12F3N3O/c1-17-12-11(20-2)10(18-7-19-12)8-4-3-5-9(6-8)13(14,15)16/h3-7H,1-2H3,(H,17,18,19). The van der Waals surface area contributed by atoms with Gasteiger partial charge in [-0.05, 0) is 12.1 Å². The molecular weight excluding hydrogens is 271 g/mol. The van der Waals surface area contributed by atoms with Crippen molar-refractivity contribution in [1.29, 1.82) is 0 Å². The van der Waals surface area contributed by atoms with Gasteiger partial charge in [0.1, 0.15) is 12.0 Å². The van der Waals surface area contributed by atoms with Crippen LogP contribution in [0.4, 0.5) is 19.0 Å². The lowest BCUT2D eigenvalue weighted by atomic mass is 10.1. The van der Waals surface area contributed by atoms with E-state index in [1.54, 1.807) is 13.1 Å². The summed E-state index contributed by atoms with van der Waals surface area (Å²) >= 11 is 0. The van der Waals surface area contributed by atoms with Crippen LogP contribution in [0.3, 0.4) is 0 Å². The molecule has 20 heavy (non-hydrogen) atoms.